The minimum absolute atomic E-state index is 0.112. The number of nitrogens with zero attached hydrogens (tertiary/aromatic N) is 4. The highest BCUT2D eigenvalue weighted by molar-refractivity contribution is 7.98. The van der Waals surface area contributed by atoms with Crippen molar-refractivity contribution in [3.8, 4) is 11.5 Å². The lowest BCUT2D eigenvalue weighted by molar-refractivity contribution is -0.139. The van der Waals surface area contributed by atoms with Gasteiger partial charge in [0, 0.05) is 29.6 Å². The lowest BCUT2D eigenvalue weighted by Crippen LogP contribution is -2.34. The third-order valence-electron chi connectivity index (χ3n) is 7.07. The van der Waals surface area contributed by atoms with Gasteiger partial charge in [0.15, 0.2) is 18.1 Å². The second-order valence-electron chi connectivity index (χ2n) is 9.86. The van der Waals surface area contributed by atoms with Gasteiger partial charge in [0.05, 0.1) is 19.3 Å². The molecule has 12 heteroatoms. The lowest BCUT2D eigenvalue weighted by atomic mass is 9.95. The zero-order chi connectivity index (χ0) is 30.9. The quantitative estimate of drug-likeness (QED) is 0.129. The van der Waals surface area contributed by atoms with Crippen molar-refractivity contribution in [1.29, 1.82) is 0 Å². The molecule has 1 atom stereocenters. The molecule has 230 valence electrons. The number of ether oxygens (including phenoxy) is 3. The van der Waals surface area contributed by atoms with Gasteiger partial charge in [-0.1, -0.05) is 61.0 Å². The number of likely N-dealkylation sites (N-methyl/N-ethyl adjacent to an activating group) is 1. The molecule has 1 aliphatic heterocycles. The molecule has 0 aliphatic carbocycles. The zero-order valence-corrected chi connectivity index (χ0v) is 26.8. The highest BCUT2D eigenvalue weighted by atomic mass is 35.5. The summed E-state index contributed by atoms with van der Waals surface area (Å²) in [6.07, 6.45) is 1.67. The van der Waals surface area contributed by atoms with E-state index in [2.05, 4.69) is 5.32 Å². The smallest absolute Gasteiger partial charge is 0.338 e. The molecule has 1 unspecified atom stereocenters. The van der Waals surface area contributed by atoms with E-state index in [0.29, 0.717) is 64.3 Å². The molecule has 3 aromatic rings. The standard InChI is InChI=1S/C31H38ClN5O5S/c1-6-9-16-41-29(39)27-20(4)33-30-34-31(43-19-22-12-10-11-13-23(22)32)35-37(30)28(27)21-14-15-24(25(17-21)40-5)42-18-26(38)36(7-2)8-3/h10-15,17,28H,6-9,16,18-19H2,1-5H3,(H,33,34,35). The fourth-order valence-corrected chi connectivity index (χ4v) is 5.81. The molecule has 0 bridgehead atoms. The molecule has 2 heterocycles. The van der Waals surface area contributed by atoms with E-state index in [-0.39, 0.29) is 12.5 Å². The second-order valence-corrected chi connectivity index (χ2v) is 11.2. The van der Waals surface area contributed by atoms with Crippen LogP contribution in [0.1, 0.15) is 57.7 Å². The van der Waals surface area contributed by atoms with Crippen molar-refractivity contribution in [2.75, 3.05) is 38.7 Å². The number of methoxy groups -OCH3 is 1. The third-order valence-corrected chi connectivity index (χ3v) is 8.32. The van der Waals surface area contributed by atoms with Crippen molar-refractivity contribution in [3.05, 3.63) is 69.9 Å². The van der Waals surface area contributed by atoms with Crippen LogP contribution < -0.4 is 14.8 Å². The third kappa shape index (κ3) is 7.64. The van der Waals surface area contributed by atoms with E-state index in [1.165, 1.54) is 18.9 Å². The first-order valence-electron chi connectivity index (χ1n) is 14.4. The predicted molar refractivity (Wildman–Crippen MR) is 168 cm³/mol. The molecule has 43 heavy (non-hydrogen) atoms. The molecule has 1 amide bonds. The number of benzene rings is 2. The monoisotopic (exact) mass is 627 g/mol. The fraction of sp³-hybridized carbons (Fsp3) is 0.419. The number of rotatable bonds is 14. The molecule has 0 radical (unpaired) electrons. The Balaban J connectivity index is 1.67. The van der Waals surface area contributed by atoms with E-state index in [1.807, 2.05) is 58.0 Å². The van der Waals surface area contributed by atoms with Crippen molar-refractivity contribution < 1.29 is 23.8 Å². The van der Waals surface area contributed by atoms with Gasteiger partial charge in [-0.05, 0) is 56.5 Å². The van der Waals surface area contributed by atoms with Crippen LogP contribution in [0.15, 0.2) is 58.9 Å². The van der Waals surface area contributed by atoms with Crippen LogP contribution in [-0.2, 0) is 20.1 Å². The molecule has 2 aromatic carbocycles. The maximum Gasteiger partial charge on any atom is 0.338 e. The number of fused-ring (bicyclic) bond motifs is 1. The summed E-state index contributed by atoms with van der Waals surface area (Å²) in [5.74, 6) is 1.38. The lowest BCUT2D eigenvalue weighted by Gasteiger charge is -2.28. The second kappa shape index (κ2) is 15.2. The Hall–Kier alpha value is -3.70. The minimum atomic E-state index is -0.646. The molecule has 1 N–H and O–H groups in total. The number of esters is 1. The number of amides is 1. The van der Waals surface area contributed by atoms with Crippen LogP contribution in [0.4, 0.5) is 5.95 Å². The first-order valence-corrected chi connectivity index (χ1v) is 15.7. The molecule has 1 aliphatic rings. The predicted octanol–water partition coefficient (Wildman–Crippen LogP) is 6.11. The fourth-order valence-electron chi connectivity index (χ4n) is 4.69. The summed E-state index contributed by atoms with van der Waals surface area (Å²) in [5, 5.41) is 9.24. The van der Waals surface area contributed by atoms with E-state index >= 15 is 0 Å². The zero-order valence-electron chi connectivity index (χ0n) is 25.2. The topological polar surface area (TPSA) is 108 Å². The first-order chi connectivity index (χ1) is 20.8. The molecule has 4 rings (SSSR count). The van der Waals surface area contributed by atoms with Gasteiger partial charge in [-0.25, -0.2) is 9.48 Å². The number of thioether (sulfide) groups is 1. The van der Waals surface area contributed by atoms with E-state index in [9.17, 15) is 9.59 Å². The van der Waals surface area contributed by atoms with Crippen molar-refractivity contribution >= 4 is 41.2 Å². The highest BCUT2D eigenvalue weighted by Crippen LogP contribution is 2.40. The van der Waals surface area contributed by atoms with Gasteiger partial charge in [0.1, 0.15) is 6.04 Å². The number of unbranched alkanes of at least 4 members (excludes halogenated alkanes) is 1. The summed E-state index contributed by atoms with van der Waals surface area (Å²) in [7, 11) is 1.53. The maximum atomic E-state index is 13.5. The number of allylic oxidation sites excluding steroid dienone is 1. The Labute approximate surface area is 261 Å². The van der Waals surface area contributed by atoms with E-state index in [1.54, 1.807) is 21.7 Å². The number of nitrogens with one attached hydrogen (secondary N) is 1. The largest absolute Gasteiger partial charge is 0.493 e. The van der Waals surface area contributed by atoms with Gasteiger partial charge < -0.3 is 24.4 Å². The summed E-state index contributed by atoms with van der Waals surface area (Å²) in [6.45, 7) is 9.13. The summed E-state index contributed by atoms with van der Waals surface area (Å²) in [5.41, 5.74) is 2.74. The summed E-state index contributed by atoms with van der Waals surface area (Å²) in [4.78, 5) is 32.4. The molecule has 0 saturated carbocycles. The highest BCUT2D eigenvalue weighted by Gasteiger charge is 2.36. The molecule has 0 saturated heterocycles. The molecule has 10 nitrogen and oxygen atoms in total. The number of aromatic nitrogens is 3. The Morgan fingerprint density at radius 3 is 2.58 bits per heavy atom. The molecular formula is C31H38ClN5O5S. The van der Waals surface area contributed by atoms with E-state index in [4.69, 9.17) is 35.9 Å². The summed E-state index contributed by atoms with van der Waals surface area (Å²) < 4.78 is 18.9. The average molecular weight is 628 g/mol. The normalized spacial score (nSPS) is 14.1. The van der Waals surface area contributed by atoms with Crippen molar-refractivity contribution in [1.82, 2.24) is 19.7 Å². The van der Waals surface area contributed by atoms with Crippen molar-refractivity contribution in [2.24, 2.45) is 0 Å². The van der Waals surface area contributed by atoms with Gasteiger partial charge in [-0.2, -0.15) is 4.98 Å². The van der Waals surface area contributed by atoms with Crippen LogP contribution in [0.5, 0.6) is 11.5 Å². The van der Waals surface area contributed by atoms with Gasteiger partial charge >= 0.3 is 5.97 Å². The average Bonchev–Trinajstić information content (AvgIpc) is 3.41. The number of hydrogen-bond acceptors (Lipinski definition) is 9. The Morgan fingerprint density at radius 2 is 1.88 bits per heavy atom. The number of carbonyl (C=O) groups is 2. The number of carbonyl (C=O) groups excluding carboxylic acids is 2. The van der Waals surface area contributed by atoms with Crippen LogP contribution in [0.25, 0.3) is 0 Å². The van der Waals surface area contributed by atoms with Crippen LogP contribution in [0.2, 0.25) is 5.02 Å². The molecule has 1 aromatic heterocycles. The van der Waals surface area contributed by atoms with E-state index in [0.717, 1.165) is 24.0 Å². The number of halogens is 1. The van der Waals surface area contributed by atoms with E-state index < -0.39 is 12.0 Å². The van der Waals surface area contributed by atoms with Gasteiger partial charge in [0.25, 0.3) is 5.91 Å². The minimum Gasteiger partial charge on any atom is -0.493 e. The van der Waals surface area contributed by atoms with Crippen LogP contribution in [0.3, 0.4) is 0 Å². The molecule has 0 spiro atoms. The van der Waals surface area contributed by atoms with Crippen molar-refractivity contribution in [2.45, 2.75) is 57.5 Å². The molecular weight excluding hydrogens is 590 g/mol. The summed E-state index contributed by atoms with van der Waals surface area (Å²) in [6, 6.07) is 12.4. The van der Waals surface area contributed by atoms with Crippen LogP contribution in [-0.4, -0.2) is 65.0 Å². The van der Waals surface area contributed by atoms with Gasteiger partial charge in [-0.15, -0.1) is 5.10 Å². The van der Waals surface area contributed by atoms with Crippen molar-refractivity contribution in [3.63, 3.8) is 0 Å². The SMILES string of the molecule is CCCCOC(=O)C1=C(C)Nc2nc(SCc3ccccc3Cl)nn2C1c1ccc(OCC(=O)N(CC)CC)c(OC)c1. The first kappa shape index (κ1) is 32.2. The van der Waals surface area contributed by atoms with Crippen LogP contribution >= 0.6 is 23.4 Å². The van der Waals surface area contributed by atoms with Gasteiger partial charge in [-0.3, -0.25) is 4.79 Å². The van der Waals surface area contributed by atoms with Crippen LogP contribution in [0, 0.1) is 0 Å². The molecule has 0 fully saturated rings. The Kier molecular flexibility index (Phi) is 11.4. The number of hydrogen-bond donors (Lipinski definition) is 1. The Bertz CT molecular complexity index is 1470. The number of anilines is 1. The maximum absolute atomic E-state index is 13.5. The van der Waals surface area contributed by atoms with Gasteiger partial charge in [0.2, 0.25) is 11.1 Å². The Morgan fingerprint density at radius 1 is 1.12 bits per heavy atom. The summed E-state index contributed by atoms with van der Waals surface area (Å²) >= 11 is 7.81.